The first-order valence-corrected chi connectivity index (χ1v) is 10.4. The van der Waals surface area contributed by atoms with E-state index in [2.05, 4.69) is 9.98 Å². The van der Waals surface area contributed by atoms with E-state index in [0.29, 0.717) is 33.8 Å². The van der Waals surface area contributed by atoms with Gasteiger partial charge in [-0.1, -0.05) is 53.7 Å². The molecule has 3 aromatic rings. The molecule has 1 N–H and O–H groups in total. The van der Waals surface area contributed by atoms with Gasteiger partial charge >= 0.3 is 0 Å². The number of hydrogen-bond acceptors (Lipinski definition) is 6. The molecule has 8 heteroatoms. The van der Waals surface area contributed by atoms with E-state index >= 15 is 0 Å². The fourth-order valence-electron chi connectivity index (χ4n) is 3.57. The predicted molar refractivity (Wildman–Crippen MR) is 115 cm³/mol. The van der Waals surface area contributed by atoms with Crippen molar-refractivity contribution in [3.05, 3.63) is 70.9 Å². The number of hydrazone groups is 1. The number of halogens is 1. The number of fused-ring (bicyclic) bond motifs is 1. The van der Waals surface area contributed by atoms with Crippen molar-refractivity contribution in [3.63, 3.8) is 0 Å². The van der Waals surface area contributed by atoms with Gasteiger partial charge in [-0.05, 0) is 24.3 Å². The molecule has 1 aromatic heterocycles. The minimum Gasteiger partial charge on any atom is -0.507 e. The van der Waals surface area contributed by atoms with Crippen LogP contribution in [0, 0.1) is 0 Å². The van der Waals surface area contributed by atoms with E-state index < -0.39 is 0 Å². The first-order chi connectivity index (χ1) is 14.1. The number of phenols is 1. The maximum absolute atomic E-state index is 11.7. The fraction of sp³-hybridized carbons (Fsp3) is 0.143. The second-order valence-corrected chi connectivity index (χ2v) is 8.07. The molecule has 0 spiro atoms. The Bertz CT molecular complexity index is 1210. The van der Waals surface area contributed by atoms with Crippen LogP contribution in [0.15, 0.2) is 64.7 Å². The highest BCUT2D eigenvalue weighted by atomic mass is 35.5. The number of nitrogens with zero attached hydrogens (tertiary/aromatic N) is 4. The van der Waals surface area contributed by atoms with E-state index in [1.807, 2.05) is 42.5 Å². The topological polar surface area (TPSA) is 78.2 Å². The Balaban J connectivity index is 1.62. The summed E-state index contributed by atoms with van der Waals surface area (Å²) in [6.45, 7) is 0. The quantitative estimate of drug-likeness (QED) is 0.620. The summed E-state index contributed by atoms with van der Waals surface area (Å²) in [6, 6.07) is 16.6. The molecule has 1 atom stereocenters. The Morgan fingerprint density at radius 2 is 1.93 bits per heavy atom. The average Bonchev–Trinajstić information content (AvgIpc) is 3.34. The zero-order chi connectivity index (χ0) is 20.0. The number of rotatable bonds is 2. The first-order valence-electron chi connectivity index (χ1n) is 9.05. The Hall–Kier alpha value is -2.90. The summed E-state index contributed by atoms with van der Waals surface area (Å²) in [6.07, 6.45) is 0.505. The van der Waals surface area contributed by atoms with Gasteiger partial charge in [0.15, 0.2) is 5.17 Å². The first kappa shape index (κ1) is 18.1. The molecular weight excluding hydrogens is 408 g/mol. The molecule has 2 aromatic carbocycles. The van der Waals surface area contributed by atoms with Gasteiger partial charge in [0.25, 0.3) is 5.91 Å². The van der Waals surface area contributed by atoms with Gasteiger partial charge < -0.3 is 5.11 Å². The number of benzene rings is 2. The van der Waals surface area contributed by atoms with E-state index in [0.717, 1.165) is 16.5 Å². The van der Waals surface area contributed by atoms with Gasteiger partial charge in [-0.15, -0.1) is 0 Å². The molecule has 0 fully saturated rings. The summed E-state index contributed by atoms with van der Waals surface area (Å²) >= 11 is 7.91. The normalized spacial score (nSPS) is 19.0. The number of pyridine rings is 1. The Morgan fingerprint density at radius 1 is 1.14 bits per heavy atom. The molecule has 1 unspecified atom stereocenters. The number of amidine groups is 1. The maximum atomic E-state index is 11.7. The van der Waals surface area contributed by atoms with Gasteiger partial charge in [0.1, 0.15) is 10.9 Å². The second-order valence-electron chi connectivity index (χ2n) is 6.77. The molecule has 3 heterocycles. The van der Waals surface area contributed by atoms with Crippen molar-refractivity contribution in [1.82, 2.24) is 9.99 Å². The van der Waals surface area contributed by atoms with Crippen LogP contribution in [-0.2, 0) is 4.79 Å². The van der Waals surface area contributed by atoms with Crippen LogP contribution in [-0.4, -0.2) is 37.6 Å². The molecule has 5 rings (SSSR count). The molecule has 29 heavy (non-hydrogen) atoms. The van der Waals surface area contributed by atoms with E-state index in [-0.39, 0.29) is 17.7 Å². The van der Waals surface area contributed by atoms with Crippen LogP contribution < -0.4 is 0 Å². The number of aliphatic imine (C=N–C) groups is 1. The third-order valence-corrected chi connectivity index (χ3v) is 6.16. The van der Waals surface area contributed by atoms with Gasteiger partial charge in [-0.2, -0.15) is 10.1 Å². The predicted octanol–water partition coefficient (Wildman–Crippen LogP) is 4.37. The molecule has 0 aliphatic carbocycles. The lowest BCUT2D eigenvalue weighted by molar-refractivity contribution is -0.115. The number of carbonyl (C=O) groups excluding carboxylic acids is 1. The summed E-state index contributed by atoms with van der Waals surface area (Å²) in [5, 5.41) is 18.6. The maximum Gasteiger partial charge on any atom is 0.258 e. The highest BCUT2D eigenvalue weighted by Crippen LogP contribution is 2.40. The lowest BCUT2D eigenvalue weighted by Crippen LogP contribution is -2.24. The number of amides is 1. The summed E-state index contributed by atoms with van der Waals surface area (Å²) in [5.74, 6) is 0.272. The van der Waals surface area contributed by atoms with Crippen molar-refractivity contribution in [3.8, 4) is 5.75 Å². The number of para-hydroxylation sites is 2. The minimum absolute atomic E-state index is 0.159. The van der Waals surface area contributed by atoms with Crippen molar-refractivity contribution in [2.45, 2.75) is 12.5 Å². The summed E-state index contributed by atoms with van der Waals surface area (Å²) in [4.78, 5) is 20.4. The summed E-state index contributed by atoms with van der Waals surface area (Å²) in [7, 11) is 0. The largest absolute Gasteiger partial charge is 0.507 e. The number of aromatic hydroxyl groups is 1. The molecule has 0 radical (unpaired) electrons. The molecular formula is C21H15ClN4O2S. The van der Waals surface area contributed by atoms with Crippen LogP contribution in [0.5, 0.6) is 5.75 Å². The van der Waals surface area contributed by atoms with Gasteiger partial charge in [-0.3, -0.25) is 4.79 Å². The van der Waals surface area contributed by atoms with Crippen LogP contribution in [0.4, 0.5) is 0 Å². The second kappa shape index (κ2) is 7.17. The number of thioether (sulfide) groups is 1. The standard InChI is InChI=1S/C21H15ClN4O2S/c22-20-14(9-12-5-1-3-7-15(12)23-20)17-10-16(13-6-2-4-8-18(13)27)25-26(17)21-24-19(28)11-29-21/h1-9,17,27H,10-11H2. The molecule has 2 aliphatic heterocycles. The van der Waals surface area contributed by atoms with Crippen LogP contribution in [0.25, 0.3) is 10.9 Å². The Kier molecular flexibility index (Phi) is 4.49. The molecule has 144 valence electrons. The minimum atomic E-state index is -0.272. The van der Waals surface area contributed by atoms with Crippen molar-refractivity contribution in [2.24, 2.45) is 10.1 Å². The van der Waals surface area contributed by atoms with Crippen molar-refractivity contribution >= 4 is 51.1 Å². The Labute approximate surface area is 175 Å². The van der Waals surface area contributed by atoms with E-state index in [9.17, 15) is 9.90 Å². The van der Waals surface area contributed by atoms with Gasteiger partial charge in [0.05, 0.1) is 23.0 Å². The molecule has 2 aliphatic rings. The average molecular weight is 423 g/mol. The molecule has 0 bridgehead atoms. The summed E-state index contributed by atoms with van der Waals surface area (Å²) < 4.78 is 0. The third kappa shape index (κ3) is 3.26. The van der Waals surface area contributed by atoms with Crippen LogP contribution in [0.2, 0.25) is 5.15 Å². The van der Waals surface area contributed by atoms with Gasteiger partial charge in [0.2, 0.25) is 0 Å². The number of aromatic nitrogens is 1. The number of phenolic OH excluding ortho intramolecular Hbond substituents is 1. The van der Waals surface area contributed by atoms with Gasteiger partial charge in [0, 0.05) is 22.9 Å². The highest BCUT2D eigenvalue weighted by molar-refractivity contribution is 8.14. The monoisotopic (exact) mass is 422 g/mol. The molecule has 0 saturated heterocycles. The SMILES string of the molecule is O=C1CSC(N2N=C(c3ccccc3O)CC2c2cc3ccccc3nc2Cl)=N1. The lowest BCUT2D eigenvalue weighted by Gasteiger charge is -2.23. The molecule has 0 saturated carbocycles. The van der Waals surface area contributed by atoms with Gasteiger partial charge in [-0.25, -0.2) is 9.99 Å². The lowest BCUT2D eigenvalue weighted by atomic mass is 9.98. The van der Waals surface area contributed by atoms with E-state index in [4.69, 9.17) is 16.7 Å². The number of carbonyl (C=O) groups is 1. The summed E-state index contributed by atoms with van der Waals surface area (Å²) in [5.41, 5.74) is 2.98. The smallest absolute Gasteiger partial charge is 0.258 e. The molecule has 6 nitrogen and oxygen atoms in total. The van der Waals surface area contributed by atoms with Crippen molar-refractivity contribution < 1.29 is 9.90 Å². The zero-order valence-corrected chi connectivity index (χ0v) is 16.7. The van der Waals surface area contributed by atoms with Crippen LogP contribution in [0.3, 0.4) is 0 Å². The van der Waals surface area contributed by atoms with Crippen molar-refractivity contribution in [2.75, 3.05) is 5.75 Å². The fourth-order valence-corrected chi connectivity index (χ4v) is 4.62. The third-order valence-electron chi connectivity index (χ3n) is 4.93. The Morgan fingerprint density at radius 3 is 2.72 bits per heavy atom. The number of hydrogen-bond donors (Lipinski definition) is 1. The van der Waals surface area contributed by atoms with Crippen molar-refractivity contribution in [1.29, 1.82) is 0 Å². The van der Waals surface area contributed by atoms with Crippen LogP contribution in [0.1, 0.15) is 23.6 Å². The van der Waals surface area contributed by atoms with Crippen LogP contribution >= 0.6 is 23.4 Å². The van der Waals surface area contributed by atoms with E-state index in [1.165, 1.54) is 11.8 Å². The van der Waals surface area contributed by atoms with E-state index in [1.54, 1.807) is 17.1 Å². The zero-order valence-electron chi connectivity index (χ0n) is 15.1. The highest BCUT2D eigenvalue weighted by Gasteiger charge is 2.36. The molecule has 1 amide bonds.